The molecule has 32 heavy (non-hydrogen) atoms. The number of benzene rings is 1. The molecule has 0 saturated carbocycles. The van der Waals surface area contributed by atoms with Crippen LogP contribution in [-0.2, 0) is 13.1 Å². The summed E-state index contributed by atoms with van der Waals surface area (Å²) in [6.45, 7) is 6.33. The average Bonchev–Trinajstić information content (AvgIpc) is 2.79. The monoisotopic (exact) mass is 446 g/mol. The first-order valence-corrected chi connectivity index (χ1v) is 11.2. The standard InChI is InChI=1S/C22H31FN6O3/c1-3-29-19(30)17-5-4-16(14-18(17)25-21(29)32)15-26-10-12-28(13-11-26)22(23)6-8-27(9-7-22)20(31)24-2/h4-5,14H,3,6-13,15H2,1-2H3,(H,24,31)(H,25,32). The van der Waals surface area contributed by atoms with Gasteiger partial charge in [0.15, 0.2) is 5.79 Å². The van der Waals surface area contributed by atoms with E-state index in [-0.39, 0.29) is 11.6 Å². The summed E-state index contributed by atoms with van der Waals surface area (Å²) in [6, 6.07) is 5.39. The maximum Gasteiger partial charge on any atom is 0.328 e. The van der Waals surface area contributed by atoms with Crippen molar-refractivity contribution in [2.24, 2.45) is 0 Å². The topological polar surface area (TPSA) is 93.7 Å². The molecule has 0 spiro atoms. The molecule has 1 aromatic carbocycles. The van der Waals surface area contributed by atoms with Gasteiger partial charge >= 0.3 is 11.7 Å². The van der Waals surface area contributed by atoms with Crippen LogP contribution in [0.2, 0.25) is 0 Å². The minimum absolute atomic E-state index is 0.151. The Morgan fingerprint density at radius 2 is 1.81 bits per heavy atom. The summed E-state index contributed by atoms with van der Waals surface area (Å²) < 4.78 is 16.7. The van der Waals surface area contributed by atoms with Crippen molar-refractivity contribution < 1.29 is 9.18 Å². The molecule has 2 aromatic rings. The van der Waals surface area contributed by atoms with E-state index in [1.807, 2.05) is 17.0 Å². The van der Waals surface area contributed by atoms with Gasteiger partial charge in [-0.15, -0.1) is 0 Å². The number of piperazine rings is 1. The summed E-state index contributed by atoms with van der Waals surface area (Å²) in [7, 11) is 1.59. The third-order valence-electron chi connectivity index (χ3n) is 6.74. The molecule has 2 N–H and O–H groups in total. The van der Waals surface area contributed by atoms with Crippen molar-refractivity contribution in [3.05, 3.63) is 44.6 Å². The molecule has 10 heteroatoms. The van der Waals surface area contributed by atoms with E-state index >= 15 is 4.39 Å². The summed E-state index contributed by atoms with van der Waals surface area (Å²) >= 11 is 0. The van der Waals surface area contributed by atoms with Crippen LogP contribution in [0.1, 0.15) is 25.3 Å². The fourth-order valence-electron chi connectivity index (χ4n) is 4.78. The third kappa shape index (κ3) is 4.29. The highest BCUT2D eigenvalue weighted by molar-refractivity contribution is 5.78. The first-order chi connectivity index (χ1) is 15.3. The largest absolute Gasteiger partial charge is 0.341 e. The van der Waals surface area contributed by atoms with Crippen LogP contribution < -0.4 is 16.6 Å². The number of carbonyl (C=O) groups is 1. The number of halogens is 1. The van der Waals surface area contributed by atoms with Gasteiger partial charge in [-0.05, 0) is 24.6 Å². The van der Waals surface area contributed by atoms with Crippen LogP contribution in [0.4, 0.5) is 9.18 Å². The Morgan fingerprint density at radius 3 is 2.44 bits per heavy atom. The quantitative estimate of drug-likeness (QED) is 0.682. The Labute approximate surface area is 185 Å². The van der Waals surface area contributed by atoms with Crippen LogP contribution in [0.5, 0.6) is 0 Å². The molecule has 174 valence electrons. The van der Waals surface area contributed by atoms with Crippen molar-refractivity contribution in [1.29, 1.82) is 0 Å². The summed E-state index contributed by atoms with van der Waals surface area (Å²) in [5.41, 5.74) is 0.879. The molecule has 9 nitrogen and oxygen atoms in total. The average molecular weight is 447 g/mol. The molecule has 0 atom stereocenters. The SMILES string of the molecule is CCn1c(=O)[nH]c2cc(CN3CCN(C4(F)CCN(C(=O)NC)CC4)CC3)ccc2c1=O. The molecular formula is C22H31FN6O3. The summed E-state index contributed by atoms with van der Waals surface area (Å²) in [6.07, 6.45) is 0.654. The van der Waals surface area contributed by atoms with Crippen molar-refractivity contribution in [2.45, 2.75) is 38.6 Å². The van der Waals surface area contributed by atoms with Crippen molar-refractivity contribution in [3.8, 4) is 0 Å². The van der Waals surface area contributed by atoms with Crippen molar-refractivity contribution in [1.82, 2.24) is 29.6 Å². The second-order valence-electron chi connectivity index (χ2n) is 8.58. The van der Waals surface area contributed by atoms with E-state index in [9.17, 15) is 14.4 Å². The van der Waals surface area contributed by atoms with Crippen molar-refractivity contribution >= 4 is 16.9 Å². The fourth-order valence-corrected chi connectivity index (χ4v) is 4.78. The van der Waals surface area contributed by atoms with E-state index in [1.165, 1.54) is 4.57 Å². The van der Waals surface area contributed by atoms with E-state index in [2.05, 4.69) is 15.2 Å². The number of rotatable bonds is 4. The Kier molecular flexibility index (Phi) is 6.34. The lowest BCUT2D eigenvalue weighted by molar-refractivity contribution is -0.0919. The zero-order valence-corrected chi connectivity index (χ0v) is 18.7. The maximum atomic E-state index is 15.5. The van der Waals surface area contributed by atoms with Gasteiger partial charge in [0.25, 0.3) is 5.56 Å². The van der Waals surface area contributed by atoms with Crippen LogP contribution in [0.25, 0.3) is 10.9 Å². The number of amides is 2. The van der Waals surface area contributed by atoms with Gasteiger partial charge in [0, 0.05) is 72.2 Å². The number of aromatic nitrogens is 2. The van der Waals surface area contributed by atoms with Crippen molar-refractivity contribution in [3.63, 3.8) is 0 Å². The van der Waals surface area contributed by atoms with Crippen LogP contribution in [-0.4, -0.2) is 82.4 Å². The van der Waals surface area contributed by atoms with E-state index in [0.29, 0.717) is 63.0 Å². The third-order valence-corrected chi connectivity index (χ3v) is 6.74. The molecule has 2 aliphatic rings. The zero-order valence-electron chi connectivity index (χ0n) is 18.7. The Morgan fingerprint density at radius 1 is 1.12 bits per heavy atom. The molecule has 2 aliphatic heterocycles. The van der Waals surface area contributed by atoms with Crippen LogP contribution >= 0.6 is 0 Å². The molecule has 0 radical (unpaired) electrons. The molecule has 2 amide bonds. The number of piperidine rings is 1. The van der Waals surface area contributed by atoms with Crippen molar-refractivity contribution in [2.75, 3.05) is 46.3 Å². The number of hydrogen-bond donors (Lipinski definition) is 2. The number of alkyl halides is 1. The van der Waals surface area contributed by atoms with Crippen LogP contribution in [0, 0.1) is 0 Å². The number of likely N-dealkylation sites (tertiary alicyclic amines) is 1. The van der Waals surface area contributed by atoms with Crippen LogP contribution in [0.3, 0.4) is 0 Å². The zero-order chi connectivity index (χ0) is 22.9. The number of nitrogens with zero attached hydrogens (tertiary/aromatic N) is 4. The van der Waals surface area contributed by atoms with Gasteiger partial charge in [-0.3, -0.25) is 19.2 Å². The highest BCUT2D eigenvalue weighted by Gasteiger charge is 2.42. The van der Waals surface area contributed by atoms with Gasteiger partial charge in [0.05, 0.1) is 10.9 Å². The minimum atomic E-state index is -1.36. The van der Waals surface area contributed by atoms with E-state index in [1.54, 1.807) is 24.9 Å². The summed E-state index contributed by atoms with van der Waals surface area (Å²) in [4.78, 5) is 44.9. The number of H-pyrrole nitrogens is 1. The van der Waals surface area contributed by atoms with E-state index in [0.717, 1.165) is 18.7 Å². The van der Waals surface area contributed by atoms with Gasteiger partial charge in [-0.2, -0.15) is 0 Å². The highest BCUT2D eigenvalue weighted by Crippen LogP contribution is 2.31. The maximum absolute atomic E-state index is 15.5. The second-order valence-corrected chi connectivity index (χ2v) is 8.58. The minimum Gasteiger partial charge on any atom is -0.341 e. The molecule has 2 fully saturated rings. The summed E-state index contributed by atoms with van der Waals surface area (Å²) in [5, 5.41) is 3.10. The molecule has 3 heterocycles. The first kappa shape index (κ1) is 22.5. The molecule has 4 rings (SSSR count). The van der Waals surface area contributed by atoms with Gasteiger partial charge in [-0.1, -0.05) is 6.07 Å². The number of hydrogen-bond acceptors (Lipinski definition) is 5. The Hall–Kier alpha value is -2.72. The molecule has 1 aromatic heterocycles. The fraction of sp³-hybridized carbons (Fsp3) is 0.591. The van der Waals surface area contributed by atoms with Gasteiger partial charge < -0.3 is 15.2 Å². The first-order valence-electron chi connectivity index (χ1n) is 11.2. The molecule has 0 unspecified atom stereocenters. The molecule has 2 saturated heterocycles. The number of aromatic amines is 1. The van der Waals surface area contributed by atoms with Gasteiger partial charge in [-0.25, -0.2) is 14.0 Å². The predicted molar refractivity (Wildman–Crippen MR) is 120 cm³/mol. The lowest BCUT2D eigenvalue weighted by atomic mass is 9.99. The number of fused-ring (bicyclic) bond motifs is 1. The number of urea groups is 1. The Balaban J connectivity index is 1.37. The second kappa shape index (κ2) is 9.03. The smallest absolute Gasteiger partial charge is 0.328 e. The number of nitrogens with one attached hydrogen (secondary N) is 2. The lowest BCUT2D eigenvalue weighted by Gasteiger charge is -2.46. The normalized spacial score (nSPS) is 19.9. The predicted octanol–water partition coefficient (Wildman–Crippen LogP) is 0.928. The van der Waals surface area contributed by atoms with Gasteiger partial charge in [0.1, 0.15) is 0 Å². The van der Waals surface area contributed by atoms with Crippen LogP contribution in [0.15, 0.2) is 27.8 Å². The lowest BCUT2D eigenvalue weighted by Crippen LogP contribution is -2.59. The molecular weight excluding hydrogens is 415 g/mol. The molecule has 0 bridgehead atoms. The molecule has 0 aliphatic carbocycles. The summed E-state index contributed by atoms with van der Waals surface area (Å²) in [5.74, 6) is -1.36. The number of carbonyl (C=O) groups excluding carboxylic acids is 1. The van der Waals surface area contributed by atoms with Gasteiger partial charge in [0.2, 0.25) is 0 Å². The van der Waals surface area contributed by atoms with E-state index in [4.69, 9.17) is 0 Å². The highest BCUT2D eigenvalue weighted by atomic mass is 19.1. The Bertz CT molecular complexity index is 1100. The van der Waals surface area contributed by atoms with E-state index < -0.39 is 11.5 Å².